The molecule has 0 amide bonds. The van der Waals surface area contributed by atoms with Crippen molar-refractivity contribution in [3.8, 4) is 17.2 Å². The summed E-state index contributed by atoms with van der Waals surface area (Å²) in [7, 11) is 3.17. The van der Waals surface area contributed by atoms with Gasteiger partial charge in [0.05, 0.1) is 14.2 Å². The SMILES string of the molecule is COc1cc(/C=C(/C=O)Oc2ccccc2C)cc(C)c1OC. The lowest BCUT2D eigenvalue weighted by Gasteiger charge is -2.12. The van der Waals surface area contributed by atoms with Crippen molar-refractivity contribution >= 4 is 12.4 Å². The first-order valence-corrected chi connectivity index (χ1v) is 7.22. The molecule has 0 aliphatic rings. The van der Waals surface area contributed by atoms with Crippen LogP contribution in [0.15, 0.2) is 42.2 Å². The highest BCUT2D eigenvalue weighted by Gasteiger charge is 2.10. The van der Waals surface area contributed by atoms with E-state index in [4.69, 9.17) is 14.2 Å². The van der Waals surface area contributed by atoms with E-state index in [0.717, 1.165) is 16.7 Å². The number of rotatable bonds is 6. The molecule has 0 radical (unpaired) electrons. The first-order chi connectivity index (χ1) is 11.1. The molecule has 0 aliphatic heterocycles. The Morgan fingerprint density at radius 2 is 1.70 bits per heavy atom. The zero-order valence-electron chi connectivity index (χ0n) is 13.8. The minimum Gasteiger partial charge on any atom is -0.493 e. The summed E-state index contributed by atoms with van der Waals surface area (Å²) in [6.07, 6.45) is 2.37. The molecule has 0 atom stereocenters. The van der Waals surface area contributed by atoms with Gasteiger partial charge in [-0.2, -0.15) is 0 Å². The maximum Gasteiger partial charge on any atom is 0.185 e. The maximum absolute atomic E-state index is 11.3. The van der Waals surface area contributed by atoms with Crippen LogP contribution >= 0.6 is 0 Å². The number of aldehydes is 1. The van der Waals surface area contributed by atoms with E-state index in [0.29, 0.717) is 23.5 Å². The van der Waals surface area contributed by atoms with Crippen molar-refractivity contribution in [1.82, 2.24) is 0 Å². The predicted molar refractivity (Wildman–Crippen MR) is 90.1 cm³/mol. The van der Waals surface area contributed by atoms with Crippen molar-refractivity contribution in [3.63, 3.8) is 0 Å². The third-order valence-electron chi connectivity index (χ3n) is 3.43. The molecule has 4 heteroatoms. The molecular weight excluding hydrogens is 292 g/mol. The van der Waals surface area contributed by atoms with Crippen molar-refractivity contribution < 1.29 is 19.0 Å². The van der Waals surface area contributed by atoms with Gasteiger partial charge >= 0.3 is 0 Å². The zero-order valence-corrected chi connectivity index (χ0v) is 13.8. The molecule has 0 saturated heterocycles. The summed E-state index contributed by atoms with van der Waals surface area (Å²) < 4.78 is 16.3. The second-order valence-electron chi connectivity index (χ2n) is 5.11. The van der Waals surface area contributed by atoms with Crippen LogP contribution in [-0.4, -0.2) is 20.5 Å². The molecule has 0 aliphatic carbocycles. The van der Waals surface area contributed by atoms with E-state index in [-0.39, 0.29) is 5.76 Å². The van der Waals surface area contributed by atoms with Gasteiger partial charge in [-0.1, -0.05) is 18.2 Å². The molecule has 0 saturated carbocycles. The highest BCUT2D eigenvalue weighted by molar-refractivity contribution is 5.80. The average Bonchev–Trinajstić information content (AvgIpc) is 2.55. The predicted octanol–water partition coefficient (Wildman–Crippen LogP) is 3.94. The Labute approximate surface area is 136 Å². The van der Waals surface area contributed by atoms with Gasteiger partial charge in [-0.15, -0.1) is 0 Å². The van der Waals surface area contributed by atoms with Crippen LogP contribution in [0.25, 0.3) is 6.08 Å². The van der Waals surface area contributed by atoms with Crippen molar-refractivity contribution in [3.05, 3.63) is 58.8 Å². The summed E-state index contributed by atoms with van der Waals surface area (Å²) in [6, 6.07) is 11.3. The number of carbonyl (C=O) groups is 1. The topological polar surface area (TPSA) is 44.8 Å². The van der Waals surface area contributed by atoms with Crippen molar-refractivity contribution in [2.45, 2.75) is 13.8 Å². The first-order valence-electron chi connectivity index (χ1n) is 7.22. The third-order valence-corrected chi connectivity index (χ3v) is 3.43. The minimum absolute atomic E-state index is 0.228. The Balaban J connectivity index is 2.36. The largest absolute Gasteiger partial charge is 0.493 e. The lowest BCUT2D eigenvalue weighted by molar-refractivity contribution is -0.106. The fourth-order valence-electron chi connectivity index (χ4n) is 2.31. The lowest BCUT2D eigenvalue weighted by atomic mass is 10.1. The molecule has 0 heterocycles. The molecule has 0 spiro atoms. The van der Waals surface area contributed by atoms with Crippen LogP contribution < -0.4 is 14.2 Å². The van der Waals surface area contributed by atoms with Gasteiger partial charge in [-0.25, -0.2) is 0 Å². The van der Waals surface area contributed by atoms with Crippen LogP contribution in [0.5, 0.6) is 17.2 Å². The van der Waals surface area contributed by atoms with E-state index < -0.39 is 0 Å². The highest BCUT2D eigenvalue weighted by Crippen LogP contribution is 2.32. The molecule has 4 nitrogen and oxygen atoms in total. The Morgan fingerprint density at radius 3 is 2.30 bits per heavy atom. The number of hydrogen-bond acceptors (Lipinski definition) is 4. The summed E-state index contributed by atoms with van der Waals surface area (Å²) in [4.78, 5) is 11.3. The van der Waals surface area contributed by atoms with Crippen LogP contribution in [-0.2, 0) is 4.79 Å². The van der Waals surface area contributed by atoms with Crippen LogP contribution in [0.1, 0.15) is 16.7 Å². The monoisotopic (exact) mass is 312 g/mol. The second-order valence-corrected chi connectivity index (χ2v) is 5.11. The molecular formula is C19H20O4. The molecule has 0 aromatic heterocycles. The number of benzene rings is 2. The van der Waals surface area contributed by atoms with Crippen molar-refractivity contribution in [2.75, 3.05) is 14.2 Å². The molecule has 2 rings (SSSR count). The Kier molecular flexibility index (Phi) is 5.41. The summed E-state index contributed by atoms with van der Waals surface area (Å²) in [5.41, 5.74) is 2.68. The van der Waals surface area contributed by atoms with Crippen LogP contribution in [0.4, 0.5) is 0 Å². The summed E-state index contributed by atoms with van der Waals surface area (Å²) in [5.74, 6) is 2.17. The first kappa shape index (κ1) is 16.6. The van der Waals surface area contributed by atoms with Gasteiger partial charge in [0, 0.05) is 0 Å². The highest BCUT2D eigenvalue weighted by atomic mass is 16.5. The number of ether oxygens (including phenoxy) is 3. The quantitative estimate of drug-likeness (QED) is 0.460. The van der Waals surface area contributed by atoms with E-state index in [1.807, 2.05) is 44.2 Å². The van der Waals surface area contributed by atoms with Gasteiger partial charge in [0.2, 0.25) is 0 Å². The molecule has 23 heavy (non-hydrogen) atoms. The molecule has 0 bridgehead atoms. The third kappa shape index (κ3) is 3.92. The number of methoxy groups -OCH3 is 2. The summed E-state index contributed by atoms with van der Waals surface area (Å²) in [6.45, 7) is 3.85. The molecule has 0 N–H and O–H groups in total. The summed E-state index contributed by atoms with van der Waals surface area (Å²) >= 11 is 0. The second kappa shape index (κ2) is 7.49. The van der Waals surface area contributed by atoms with Gasteiger partial charge in [-0.05, 0) is 54.8 Å². The smallest absolute Gasteiger partial charge is 0.185 e. The van der Waals surface area contributed by atoms with E-state index in [1.54, 1.807) is 26.4 Å². The number of carbonyl (C=O) groups excluding carboxylic acids is 1. The number of aryl methyl sites for hydroxylation is 2. The van der Waals surface area contributed by atoms with E-state index >= 15 is 0 Å². The van der Waals surface area contributed by atoms with Crippen LogP contribution in [0.2, 0.25) is 0 Å². The normalized spacial score (nSPS) is 11.0. The fourth-order valence-corrected chi connectivity index (χ4v) is 2.31. The molecule has 2 aromatic rings. The number of para-hydroxylation sites is 1. The lowest BCUT2D eigenvalue weighted by Crippen LogP contribution is -1.99. The van der Waals surface area contributed by atoms with Crippen LogP contribution in [0.3, 0.4) is 0 Å². The average molecular weight is 312 g/mol. The summed E-state index contributed by atoms with van der Waals surface area (Å²) in [5, 5.41) is 0. The maximum atomic E-state index is 11.3. The van der Waals surface area contributed by atoms with Crippen LogP contribution in [0, 0.1) is 13.8 Å². The van der Waals surface area contributed by atoms with Gasteiger partial charge < -0.3 is 14.2 Å². The van der Waals surface area contributed by atoms with E-state index in [2.05, 4.69) is 0 Å². The Bertz CT molecular complexity index is 732. The molecule has 0 fully saturated rings. The van der Waals surface area contributed by atoms with Gasteiger partial charge in [0.1, 0.15) is 5.75 Å². The standard InChI is InChI=1S/C19H20O4/c1-13-7-5-6-8-17(13)23-16(12-20)10-15-9-14(2)19(22-4)18(11-15)21-3/h5-12H,1-4H3/b16-10-. The zero-order chi connectivity index (χ0) is 16.8. The van der Waals surface area contributed by atoms with Crippen molar-refractivity contribution in [2.24, 2.45) is 0 Å². The molecule has 2 aromatic carbocycles. The van der Waals surface area contributed by atoms with Gasteiger partial charge in [0.15, 0.2) is 23.5 Å². The Hall–Kier alpha value is -2.75. The number of hydrogen-bond donors (Lipinski definition) is 0. The van der Waals surface area contributed by atoms with Gasteiger partial charge in [0.25, 0.3) is 0 Å². The fraction of sp³-hybridized carbons (Fsp3) is 0.211. The van der Waals surface area contributed by atoms with Crippen molar-refractivity contribution in [1.29, 1.82) is 0 Å². The van der Waals surface area contributed by atoms with Gasteiger partial charge in [-0.3, -0.25) is 4.79 Å². The Morgan fingerprint density at radius 1 is 0.957 bits per heavy atom. The number of allylic oxidation sites excluding steroid dienone is 1. The molecule has 120 valence electrons. The molecule has 0 unspecified atom stereocenters. The minimum atomic E-state index is 0.228. The van der Waals surface area contributed by atoms with E-state index in [1.165, 1.54) is 0 Å². The van der Waals surface area contributed by atoms with E-state index in [9.17, 15) is 4.79 Å².